The molecule has 0 saturated carbocycles. The first-order valence-corrected chi connectivity index (χ1v) is 13.1. The number of imidazole rings is 1. The molecule has 4 atom stereocenters. The maximum absolute atomic E-state index is 15.0. The molecule has 2 aliphatic heterocycles. The van der Waals surface area contributed by atoms with Crippen LogP contribution in [0.2, 0.25) is 0 Å². The Morgan fingerprint density at radius 3 is 2.72 bits per heavy atom. The summed E-state index contributed by atoms with van der Waals surface area (Å²) in [6.45, 7) is 2.83. The van der Waals surface area contributed by atoms with Crippen LogP contribution in [-0.2, 0) is 4.74 Å². The lowest BCUT2D eigenvalue weighted by atomic mass is 10.1. The summed E-state index contributed by atoms with van der Waals surface area (Å²) in [6.07, 6.45) is -3.26. The molecule has 0 N–H and O–H groups in total. The number of hydrogen-bond donors (Lipinski definition) is 0. The standard InChI is InChI=1S/C28H26F3N5O3/c1-15-12-16(38-28-32-19-7-3-4-8-21(19)36(28)20-10-11-37-14-18(20)29)13-35(15)27-24-23(33-26(34-27)25(30)31)17-6-2-5-9-22(17)39-24/h2-9,15-16,18,20,25H,10-14H2,1H3/t15-,16+,18?,20-/m1/s1. The van der Waals surface area contributed by atoms with Crippen molar-refractivity contribution in [1.29, 1.82) is 0 Å². The quantitative estimate of drug-likeness (QED) is 0.272. The van der Waals surface area contributed by atoms with Gasteiger partial charge in [0, 0.05) is 24.5 Å². The number of alkyl halides is 3. The Labute approximate surface area is 221 Å². The molecule has 7 rings (SSSR count). The number of fused-ring (bicyclic) bond motifs is 4. The Balaban J connectivity index is 1.25. The predicted octanol–water partition coefficient (Wildman–Crippen LogP) is 6.01. The molecule has 2 aromatic carbocycles. The minimum absolute atomic E-state index is 0.0263. The third kappa shape index (κ3) is 4.07. The van der Waals surface area contributed by atoms with E-state index in [9.17, 15) is 13.2 Å². The smallest absolute Gasteiger partial charge is 0.298 e. The van der Waals surface area contributed by atoms with Crippen molar-refractivity contribution in [2.45, 2.75) is 50.6 Å². The molecular weight excluding hydrogens is 511 g/mol. The first kappa shape index (κ1) is 24.2. The van der Waals surface area contributed by atoms with Gasteiger partial charge in [0.15, 0.2) is 17.2 Å². The lowest BCUT2D eigenvalue weighted by Gasteiger charge is -2.29. The zero-order chi connectivity index (χ0) is 26.7. The van der Waals surface area contributed by atoms with Crippen LogP contribution in [0.1, 0.15) is 38.1 Å². The van der Waals surface area contributed by atoms with Crippen LogP contribution in [0.3, 0.4) is 0 Å². The maximum Gasteiger partial charge on any atom is 0.298 e. The third-order valence-electron chi connectivity index (χ3n) is 7.64. The van der Waals surface area contributed by atoms with Crippen LogP contribution >= 0.6 is 0 Å². The molecule has 0 spiro atoms. The third-order valence-corrected chi connectivity index (χ3v) is 7.64. The second kappa shape index (κ2) is 9.41. The summed E-state index contributed by atoms with van der Waals surface area (Å²) in [5.74, 6) is -0.234. The number of aromatic nitrogens is 4. The van der Waals surface area contributed by atoms with Crippen molar-refractivity contribution in [3.05, 3.63) is 54.4 Å². The monoisotopic (exact) mass is 537 g/mol. The van der Waals surface area contributed by atoms with E-state index in [-0.39, 0.29) is 18.8 Å². The average molecular weight is 538 g/mol. The number of anilines is 1. The highest BCUT2D eigenvalue weighted by Crippen LogP contribution is 2.39. The van der Waals surface area contributed by atoms with Gasteiger partial charge in [0.05, 0.1) is 30.2 Å². The Bertz CT molecular complexity index is 1670. The van der Waals surface area contributed by atoms with E-state index < -0.39 is 24.5 Å². The van der Waals surface area contributed by atoms with Gasteiger partial charge < -0.3 is 18.8 Å². The van der Waals surface area contributed by atoms with Crippen molar-refractivity contribution in [3.63, 3.8) is 0 Å². The lowest BCUT2D eigenvalue weighted by Crippen LogP contribution is -2.33. The van der Waals surface area contributed by atoms with E-state index in [1.807, 2.05) is 52.8 Å². The maximum atomic E-state index is 15.0. The van der Waals surface area contributed by atoms with Crippen LogP contribution in [0.5, 0.6) is 6.01 Å². The number of nitrogens with zero attached hydrogens (tertiary/aromatic N) is 5. The van der Waals surface area contributed by atoms with Crippen LogP contribution in [0.25, 0.3) is 33.1 Å². The molecule has 39 heavy (non-hydrogen) atoms. The zero-order valence-corrected chi connectivity index (χ0v) is 21.1. The minimum atomic E-state index is -2.83. The molecule has 11 heteroatoms. The molecule has 5 aromatic rings. The van der Waals surface area contributed by atoms with Crippen molar-refractivity contribution in [2.75, 3.05) is 24.7 Å². The van der Waals surface area contributed by atoms with Crippen LogP contribution in [0.4, 0.5) is 19.0 Å². The van der Waals surface area contributed by atoms with Crippen molar-refractivity contribution in [1.82, 2.24) is 19.5 Å². The number of halogens is 3. The molecule has 0 radical (unpaired) electrons. The van der Waals surface area contributed by atoms with E-state index in [1.165, 1.54) is 0 Å². The molecule has 2 fully saturated rings. The number of rotatable bonds is 5. The summed E-state index contributed by atoms with van der Waals surface area (Å²) in [5.41, 5.74) is 2.79. The number of ether oxygens (including phenoxy) is 2. The van der Waals surface area contributed by atoms with E-state index >= 15 is 0 Å². The van der Waals surface area contributed by atoms with Crippen molar-refractivity contribution < 1.29 is 27.1 Å². The molecule has 3 aromatic heterocycles. The minimum Gasteiger partial charge on any atom is -0.459 e. The van der Waals surface area contributed by atoms with Crippen LogP contribution in [0.15, 0.2) is 52.9 Å². The Morgan fingerprint density at radius 1 is 1.05 bits per heavy atom. The highest BCUT2D eigenvalue weighted by Gasteiger charge is 2.37. The lowest BCUT2D eigenvalue weighted by molar-refractivity contribution is 0.00122. The van der Waals surface area contributed by atoms with E-state index in [2.05, 4.69) is 9.97 Å². The molecule has 0 bridgehead atoms. The zero-order valence-electron chi connectivity index (χ0n) is 21.1. The fourth-order valence-electron chi connectivity index (χ4n) is 5.81. The van der Waals surface area contributed by atoms with Gasteiger partial charge in [-0.3, -0.25) is 4.57 Å². The molecule has 5 heterocycles. The normalized spacial score (nSPS) is 24.0. The fourth-order valence-corrected chi connectivity index (χ4v) is 5.81. The van der Waals surface area contributed by atoms with Gasteiger partial charge in [0.2, 0.25) is 0 Å². The predicted molar refractivity (Wildman–Crippen MR) is 139 cm³/mol. The van der Waals surface area contributed by atoms with Gasteiger partial charge in [-0.2, -0.15) is 4.98 Å². The van der Waals surface area contributed by atoms with Gasteiger partial charge in [-0.05, 0) is 37.6 Å². The van der Waals surface area contributed by atoms with Gasteiger partial charge in [0.25, 0.3) is 12.4 Å². The van der Waals surface area contributed by atoms with Gasteiger partial charge in [0.1, 0.15) is 23.4 Å². The second-order valence-electron chi connectivity index (χ2n) is 10.2. The highest BCUT2D eigenvalue weighted by molar-refractivity contribution is 6.05. The van der Waals surface area contributed by atoms with Gasteiger partial charge in [-0.15, -0.1) is 0 Å². The van der Waals surface area contributed by atoms with Crippen molar-refractivity contribution >= 4 is 38.9 Å². The Morgan fingerprint density at radius 2 is 1.87 bits per heavy atom. The first-order chi connectivity index (χ1) is 19.0. The van der Waals surface area contributed by atoms with E-state index in [4.69, 9.17) is 18.9 Å². The Kier molecular flexibility index (Phi) is 5.84. The van der Waals surface area contributed by atoms with Crippen LogP contribution in [0, 0.1) is 0 Å². The number of furan rings is 1. The molecule has 2 aliphatic rings. The molecule has 202 valence electrons. The summed E-state index contributed by atoms with van der Waals surface area (Å²) >= 11 is 0. The van der Waals surface area contributed by atoms with Gasteiger partial charge >= 0.3 is 0 Å². The summed E-state index contributed by atoms with van der Waals surface area (Å²) < 4.78 is 62.3. The molecule has 1 unspecified atom stereocenters. The molecule has 0 amide bonds. The van der Waals surface area contributed by atoms with E-state index in [0.29, 0.717) is 59.9 Å². The van der Waals surface area contributed by atoms with Crippen molar-refractivity contribution in [2.24, 2.45) is 0 Å². The summed E-state index contributed by atoms with van der Waals surface area (Å²) in [6, 6.07) is 14.6. The molecule has 2 saturated heterocycles. The van der Waals surface area contributed by atoms with E-state index in [1.54, 1.807) is 12.1 Å². The largest absolute Gasteiger partial charge is 0.459 e. The van der Waals surface area contributed by atoms with Crippen LogP contribution in [-0.4, -0.2) is 57.6 Å². The topological polar surface area (TPSA) is 78.4 Å². The summed E-state index contributed by atoms with van der Waals surface area (Å²) in [4.78, 5) is 15.0. The molecular formula is C28H26F3N5O3. The van der Waals surface area contributed by atoms with Crippen LogP contribution < -0.4 is 9.64 Å². The Hall–Kier alpha value is -3.86. The fraction of sp³-hybridized carbons (Fsp3) is 0.393. The number of benzene rings is 2. The summed E-state index contributed by atoms with van der Waals surface area (Å²) in [7, 11) is 0. The van der Waals surface area contributed by atoms with Crippen molar-refractivity contribution in [3.8, 4) is 6.01 Å². The highest BCUT2D eigenvalue weighted by atomic mass is 19.3. The molecule has 0 aliphatic carbocycles. The van der Waals surface area contributed by atoms with E-state index in [0.717, 1.165) is 11.0 Å². The summed E-state index contributed by atoms with van der Waals surface area (Å²) in [5, 5.41) is 0.656. The second-order valence-corrected chi connectivity index (χ2v) is 10.2. The average Bonchev–Trinajstić information content (AvgIpc) is 3.61. The van der Waals surface area contributed by atoms with Gasteiger partial charge in [-0.1, -0.05) is 24.3 Å². The first-order valence-electron chi connectivity index (χ1n) is 13.1. The number of hydrogen-bond acceptors (Lipinski definition) is 7. The van der Waals surface area contributed by atoms with Gasteiger partial charge in [-0.25, -0.2) is 23.1 Å². The molecule has 8 nitrogen and oxygen atoms in total. The number of para-hydroxylation sites is 3. The SMILES string of the molecule is C[C@@H]1C[C@H](Oc2nc3ccccc3n2[C@@H]2CCOCC2F)CN1c1nc(C(F)F)nc2c1oc1ccccc12.